The lowest BCUT2D eigenvalue weighted by Crippen LogP contribution is -1.87. The van der Waals surface area contributed by atoms with Gasteiger partial charge in [0.05, 0.1) is 0 Å². The molecule has 2 heteroatoms. The van der Waals surface area contributed by atoms with E-state index in [2.05, 4.69) is 11.7 Å². The zero-order valence-corrected chi connectivity index (χ0v) is 5.89. The normalized spacial score (nSPS) is 11.1. The highest BCUT2D eigenvalue weighted by Crippen LogP contribution is 1.95. The Morgan fingerprint density at radius 3 is 2.78 bits per heavy atom. The molecule has 0 aliphatic carbocycles. The summed E-state index contributed by atoms with van der Waals surface area (Å²) in [4.78, 5) is 9.62. The second-order valence-corrected chi connectivity index (χ2v) is 1.83. The maximum absolute atomic E-state index is 9.62. The van der Waals surface area contributed by atoms with E-state index in [0.29, 0.717) is 13.1 Å². The molecule has 0 aromatic rings. The number of allylic oxidation sites excluding steroid dienone is 1. The van der Waals surface area contributed by atoms with Crippen LogP contribution in [0, 0.1) is 0 Å². The second-order valence-electron chi connectivity index (χ2n) is 1.83. The molecule has 0 aliphatic heterocycles. The molecular formula is C7H12O2. The Labute approximate surface area is 55.5 Å². The van der Waals surface area contributed by atoms with E-state index < -0.39 is 0 Å². The van der Waals surface area contributed by atoms with Gasteiger partial charge in [0, 0.05) is 0 Å². The lowest BCUT2D eigenvalue weighted by atomic mass is 10.2. The summed E-state index contributed by atoms with van der Waals surface area (Å²) in [5.74, 6) is 0. The fourth-order valence-corrected chi connectivity index (χ4v) is 0.374. The van der Waals surface area contributed by atoms with Gasteiger partial charge >= 0.3 is 0 Å². The lowest BCUT2D eigenvalue weighted by molar-refractivity contribution is -0.127. The summed E-state index contributed by atoms with van der Waals surface area (Å²) in [6.07, 6.45) is 2.91. The predicted molar refractivity (Wildman–Crippen MR) is 36.1 cm³/mol. The molecule has 52 valence electrons. The molecule has 0 amide bonds. The second kappa shape index (κ2) is 5.35. The highest BCUT2D eigenvalue weighted by Gasteiger charge is 1.81. The van der Waals surface area contributed by atoms with Gasteiger partial charge in [-0.3, -0.25) is 4.79 Å². The molecule has 0 bridgehead atoms. The van der Waals surface area contributed by atoms with Gasteiger partial charge in [0.1, 0.15) is 6.61 Å². The lowest BCUT2D eigenvalue weighted by Gasteiger charge is -1.93. The van der Waals surface area contributed by atoms with Gasteiger partial charge in [0.2, 0.25) is 0 Å². The quantitative estimate of drug-likeness (QED) is 0.326. The summed E-state index contributed by atoms with van der Waals surface area (Å²) < 4.78 is 4.45. The van der Waals surface area contributed by atoms with E-state index in [1.807, 2.05) is 13.0 Å². The molecule has 0 rings (SSSR count). The third kappa shape index (κ3) is 5.07. The molecule has 0 aromatic heterocycles. The molecule has 0 aromatic carbocycles. The SMILES string of the molecule is CCC(C)=CCOC=O. The largest absolute Gasteiger partial charge is 0.464 e. The molecule has 0 atom stereocenters. The molecule has 9 heavy (non-hydrogen) atoms. The first kappa shape index (κ1) is 8.21. The highest BCUT2D eigenvalue weighted by molar-refractivity contribution is 5.37. The van der Waals surface area contributed by atoms with Crippen LogP contribution in [0.5, 0.6) is 0 Å². The van der Waals surface area contributed by atoms with Crippen molar-refractivity contribution in [3.8, 4) is 0 Å². The van der Waals surface area contributed by atoms with Crippen molar-refractivity contribution in [1.82, 2.24) is 0 Å². The molecule has 0 radical (unpaired) electrons. The van der Waals surface area contributed by atoms with Crippen molar-refractivity contribution in [2.45, 2.75) is 20.3 Å². The number of carbonyl (C=O) groups excluding carboxylic acids is 1. The number of hydrogen-bond acceptors (Lipinski definition) is 2. The molecule has 0 spiro atoms. The van der Waals surface area contributed by atoms with E-state index in [9.17, 15) is 4.79 Å². The first-order chi connectivity index (χ1) is 4.31. The van der Waals surface area contributed by atoms with Crippen LogP contribution in [0.2, 0.25) is 0 Å². The molecule has 0 heterocycles. The van der Waals surface area contributed by atoms with E-state index in [-0.39, 0.29) is 0 Å². The average molecular weight is 128 g/mol. The maximum Gasteiger partial charge on any atom is 0.293 e. The molecule has 0 fully saturated rings. The third-order valence-electron chi connectivity index (χ3n) is 1.15. The minimum atomic E-state index is 0.406. The summed E-state index contributed by atoms with van der Waals surface area (Å²) in [5, 5.41) is 0. The van der Waals surface area contributed by atoms with Crippen LogP contribution in [0.3, 0.4) is 0 Å². The average Bonchev–Trinajstić information content (AvgIpc) is 1.89. The Balaban J connectivity index is 3.31. The van der Waals surface area contributed by atoms with Crippen molar-refractivity contribution in [3.05, 3.63) is 11.6 Å². The van der Waals surface area contributed by atoms with Crippen LogP contribution in [-0.2, 0) is 9.53 Å². The number of carbonyl (C=O) groups is 1. The predicted octanol–water partition coefficient (Wildman–Crippen LogP) is 1.52. The Morgan fingerprint density at radius 2 is 2.33 bits per heavy atom. The summed E-state index contributed by atoms with van der Waals surface area (Å²) in [6.45, 7) is 4.93. The fraction of sp³-hybridized carbons (Fsp3) is 0.571. The van der Waals surface area contributed by atoms with Crippen LogP contribution in [-0.4, -0.2) is 13.1 Å². The van der Waals surface area contributed by atoms with Gasteiger partial charge in [0.15, 0.2) is 0 Å². The van der Waals surface area contributed by atoms with E-state index in [0.717, 1.165) is 6.42 Å². The molecule has 0 saturated heterocycles. The third-order valence-corrected chi connectivity index (χ3v) is 1.15. The van der Waals surface area contributed by atoms with E-state index in [1.165, 1.54) is 5.57 Å². The van der Waals surface area contributed by atoms with Crippen molar-refractivity contribution >= 4 is 6.47 Å². The maximum atomic E-state index is 9.62. The molecule has 0 N–H and O–H groups in total. The van der Waals surface area contributed by atoms with E-state index >= 15 is 0 Å². The monoisotopic (exact) mass is 128 g/mol. The molecular weight excluding hydrogens is 116 g/mol. The van der Waals surface area contributed by atoms with Gasteiger partial charge in [-0.05, 0) is 19.4 Å². The summed E-state index contributed by atoms with van der Waals surface area (Å²) >= 11 is 0. The van der Waals surface area contributed by atoms with Crippen molar-refractivity contribution in [2.75, 3.05) is 6.61 Å². The smallest absolute Gasteiger partial charge is 0.293 e. The van der Waals surface area contributed by atoms with Gasteiger partial charge < -0.3 is 4.74 Å². The first-order valence-electron chi connectivity index (χ1n) is 3.02. The summed E-state index contributed by atoms with van der Waals surface area (Å²) in [6, 6.07) is 0. The molecule has 0 unspecified atom stereocenters. The van der Waals surface area contributed by atoms with Crippen molar-refractivity contribution in [2.24, 2.45) is 0 Å². The van der Waals surface area contributed by atoms with Crippen molar-refractivity contribution < 1.29 is 9.53 Å². The van der Waals surface area contributed by atoms with Crippen LogP contribution in [0.15, 0.2) is 11.6 Å². The van der Waals surface area contributed by atoms with Gasteiger partial charge in [-0.15, -0.1) is 0 Å². The Bertz CT molecular complexity index is 105. The van der Waals surface area contributed by atoms with Gasteiger partial charge in [0.25, 0.3) is 6.47 Å². The first-order valence-corrected chi connectivity index (χ1v) is 3.02. The van der Waals surface area contributed by atoms with Crippen molar-refractivity contribution in [1.29, 1.82) is 0 Å². The van der Waals surface area contributed by atoms with Gasteiger partial charge in [-0.2, -0.15) is 0 Å². The van der Waals surface area contributed by atoms with Crippen LogP contribution in [0.25, 0.3) is 0 Å². The zero-order chi connectivity index (χ0) is 7.11. The molecule has 2 nitrogen and oxygen atoms in total. The summed E-state index contributed by atoms with van der Waals surface area (Å²) in [5.41, 5.74) is 1.25. The standard InChI is InChI=1S/C7H12O2/c1-3-7(2)4-5-9-6-8/h4,6H,3,5H2,1-2H3. The zero-order valence-electron chi connectivity index (χ0n) is 5.89. The van der Waals surface area contributed by atoms with Gasteiger partial charge in [-0.1, -0.05) is 12.5 Å². The number of hydrogen-bond donors (Lipinski definition) is 0. The highest BCUT2D eigenvalue weighted by atomic mass is 16.5. The summed E-state index contributed by atoms with van der Waals surface area (Å²) in [7, 11) is 0. The van der Waals surface area contributed by atoms with Crippen LogP contribution in [0.4, 0.5) is 0 Å². The fourth-order valence-electron chi connectivity index (χ4n) is 0.374. The number of ether oxygens (including phenoxy) is 1. The van der Waals surface area contributed by atoms with Crippen molar-refractivity contribution in [3.63, 3.8) is 0 Å². The Hall–Kier alpha value is -0.790. The minimum absolute atomic E-state index is 0.406. The topological polar surface area (TPSA) is 26.3 Å². The van der Waals surface area contributed by atoms with E-state index in [1.54, 1.807) is 0 Å². The molecule has 0 aliphatic rings. The van der Waals surface area contributed by atoms with Crippen LogP contribution >= 0.6 is 0 Å². The van der Waals surface area contributed by atoms with Crippen LogP contribution in [0.1, 0.15) is 20.3 Å². The van der Waals surface area contributed by atoms with Crippen LogP contribution < -0.4 is 0 Å². The minimum Gasteiger partial charge on any atom is -0.464 e. The van der Waals surface area contributed by atoms with E-state index in [4.69, 9.17) is 0 Å². The van der Waals surface area contributed by atoms with Gasteiger partial charge in [-0.25, -0.2) is 0 Å². The Morgan fingerprint density at radius 1 is 1.67 bits per heavy atom. The number of rotatable bonds is 4. The molecule has 0 saturated carbocycles. The Kier molecular flexibility index (Phi) is 4.88.